The molecule has 1 aliphatic heterocycles. The molecule has 6 heteroatoms. The molecular formula is C17H15N3O2S. The fourth-order valence-corrected chi connectivity index (χ4v) is 3.52. The third-order valence-corrected chi connectivity index (χ3v) is 4.78. The average Bonchev–Trinajstić information content (AvgIpc) is 3.12. The van der Waals surface area contributed by atoms with Gasteiger partial charge in [0.15, 0.2) is 4.80 Å². The number of hydrogen-bond acceptors (Lipinski definition) is 5. The van der Waals surface area contributed by atoms with E-state index in [1.165, 1.54) is 11.3 Å². The summed E-state index contributed by atoms with van der Waals surface area (Å²) >= 11 is 1.40. The number of hydrogen-bond donors (Lipinski definition) is 0. The molecule has 0 N–H and O–H groups in total. The van der Waals surface area contributed by atoms with E-state index in [2.05, 4.69) is 9.89 Å². The summed E-state index contributed by atoms with van der Waals surface area (Å²) in [5.41, 5.74) is 1.04. The van der Waals surface area contributed by atoms with E-state index in [9.17, 15) is 4.79 Å². The fraction of sp³-hybridized carbons (Fsp3) is 0.176. The van der Waals surface area contributed by atoms with Gasteiger partial charge in [0, 0.05) is 11.8 Å². The molecule has 1 aliphatic rings. The Labute approximate surface area is 136 Å². The second-order valence-corrected chi connectivity index (χ2v) is 6.40. The number of rotatable bonds is 2. The number of para-hydroxylation sites is 1. The van der Waals surface area contributed by atoms with E-state index in [1.807, 2.05) is 49.4 Å². The molecule has 0 bridgehead atoms. The van der Waals surface area contributed by atoms with Crippen LogP contribution in [0.25, 0.3) is 6.08 Å². The highest BCUT2D eigenvalue weighted by atomic mass is 32.1. The van der Waals surface area contributed by atoms with Crippen LogP contribution in [0.3, 0.4) is 0 Å². The monoisotopic (exact) mass is 325 g/mol. The zero-order chi connectivity index (χ0) is 15.8. The molecule has 3 aromatic rings. The number of furan rings is 1. The minimum Gasteiger partial charge on any atom is -0.462 e. The van der Waals surface area contributed by atoms with Gasteiger partial charge in [-0.25, -0.2) is 4.99 Å². The molecule has 0 unspecified atom stereocenters. The van der Waals surface area contributed by atoms with E-state index in [4.69, 9.17) is 4.42 Å². The molecule has 23 heavy (non-hydrogen) atoms. The van der Waals surface area contributed by atoms with Crippen LogP contribution >= 0.6 is 11.3 Å². The van der Waals surface area contributed by atoms with Gasteiger partial charge in [0.05, 0.1) is 4.53 Å². The van der Waals surface area contributed by atoms with Crippen LogP contribution < -0.4 is 19.8 Å². The molecule has 0 atom stereocenters. The van der Waals surface area contributed by atoms with E-state index in [0.717, 1.165) is 16.2 Å². The molecule has 0 radical (unpaired) electrons. The van der Waals surface area contributed by atoms with Gasteiger partial charge < -0.3 is 9.32 Å². The molecular weight excluding hydrogens is 310 g/mol. The molecule has 0 spiro atoms. The van der Waals surface area contributed by atoms with Gasteiger partial charge in [-0.05, 0) is 31.2 Å². The lowest BCUT2D eigenvalue weighted by Crippen LogP contribution is -2.42. The van der Waals surface area contributed by atoms with Crippen LogP contribution in [0.15, 0.2) is 56.7 Å². The second-order valence-electron chi connectivity index (χ2n) is 5.39. The average molecular weight is 325 g/mol. The topological polar surface area (TPSA) is 50.7 Å². The number of fused-ring (bicyclic) bond motifs is 1. The predicted molar refractivity (Wildman–Crippen MR) is 90.2 cm³/mol. The predicted octanol–water partition coefficient (Wildman–Crippen LogP) is 1.69. The number of thiazole rings is 1. The van der Waals surface area contributed by atoms with E-state index in [0.29, 0.717) is 23.6 Å². The van der Waals surface area contributed by atoms with Gasteiger partial charge >= 0.3 is 0 Å². The number of aryl methyl sites for hydroxylation is 1. The summed E-state index contributed by atoms with van der Waals surface area (Å²) < 4.78 is 7.88. The zero-order valence-corrected chi connectivity index (χ0v) is 13.4. The van der Waals surface area contributed by atoms with Gasteiger partial charge in [0.1, 0.15) is 24.9 Å². The third-order valence-electron chi connectivity index (χ3n) is 3.73. The van der Waals surface area contributed by atoms with Gasteiger partial charge in [-0.3, -0.25) is 9.36 Å². The van der Waals surface area contributed by atoms with Gasteiger partial charge in [-0.2, -0.15) is 0 Å². The van der Waals surface area contributed by atoms with E-state index < -0.39 is 0 Å². The largest absolute Gasteiger partial charge is 0.462 e. The smallest absolute Gasteiger partial charge is 0.271 e. The van der Waals surface area contributed by atoms with Crippen LogP contribution in [0.2, 0.25) is 0 Å². The summed E-state index contributed by atoms with van der Waals surface area (Å²) in [7, 11) is 0. The van der Waals surface area contributed by atoms with Gasteiger partial charge in [-0.1, -0.05) is 29.5 Å². The fourth-order valence-electron chi connectivity index (χ4n) is 2.57. The van der Waals surface area contributed by atoms with Gasteiger partial charge in [0.25, 0.3) is 5.56 Å². The molecule has 116 valence electrons. The van der Waals surface area contributed by atoms with Crippen molar-refractivity contribution in [2.45, 2.75) is 13.6 Å². The van der Waals surface area contributed by atoms with Crippen molar-refractivity contribution in [1.82, 2.24) is 4.57 Å². The maximum atomic E-state index is 12.6. The van der Waals surface area contributed by atoms with Crippen molar-refractivity contribution >= 4 is 23.1 Å². The Morgan fingerprint density at radius 1 is 1.22 bits per heavy atom. The normalized spacial score (nSPS) is 14.7. The van der Waals surface area contributed by atoms with Crippen LogP contribution in [0, 0.1) is 6.92 Å². The Morgan fingerprint density at radius 3 is 2.78 bits per heavy atom. The maximum absolute atomic E-state index is 12.6. The van der Waals surface area contributed by atoms with Gasteiger partial charge in [-0.15, -0.1) is 0 Å². The maximum Gasteiger partial charge on any atom is 0.271 e. The van der Waals surface area contributed by atoms with Crippen molar-refractivity contribution < 1.29 is 4.42 Å². The van der Waals surface area contributed by atoms with E-state index >= 15 is 0 Å². The Morgan fingerprint density at radius 2 is 2.04 bits per heavy atom. The highest BCUT2D eigenvalue weighted by molar-refractivity contribution is 7.07. The summed E-state index contributed by atoms with van der Waals surface area (Å²) in [5.74, 6) is 1.52. The highest BCUT2D eigenvalue weighted by Crippen LogP contribution is 2.14. The standard InChI is InChI=1S/C17H15N3O2S/c1-12-7-8-14(22-12)9-15-16(21)20-11-19(10-18-17(20)23-15)13-5-3-2-4-6-13/h2-9H,10-11H2,1H3/b15-9-. The number of benzene rings is 1. The molecule has 2 aromatic heterocycles. The molecule has 1 aromatic carbocycles. The van der Waals surface area contributed by atoms with Gasteiger partial charge in [0.2, 0.25) is 0 Å². The van der Waals surface area contributed by atoms with E-state index in [1.54, 1.807) is 10.6 Å². The minimum absolute atomic E-state index is 0.0246. The molecule has 0 saturated heterocycles. The lowest BCUT2D eigenvalue weighted by atomic mass is 10.3. The first-order valence-corrected chi connectivity index (χ1v) is 8.15. The molecule has 4 rings (SSSR count). The Bertz CT molecular complexity index is 1010. The summed E-state index contributed by atoms with van der Waals surface area (Å²) in [5, 5.41) is 0. The minimum atomic E-state index is -0.0246. The SMILES string of the molecule is Cc1ccc(/C=c2\sc3n(c2=O)CN(c2ccccc2)CN=3)o1. The molecule has 5 nitrogen and oxygen atoms in total. The first kappa shape index (κ1) is 14.0. The molecule has 0 aliphatic carbocycles. The Hall–Kier alpha value is -2.60. The Balaban J connectivity index is 1.74. The zero-order valence-electron chi connectivity index (χ0n) is 12.6. The lowest BCUT2D eigenvalue weighted by Gasteiger charge is -2.25. The van der Waals surface area contributed by atoms with Crippen LogP contribution in [0.1, 0.15) is 11.5 Å². The van der Waals surface area contributed by atoms with Crippen molar-refractivity contribution in [3.8, 4) is 0 Å². The molecule has 0 fully saturated rings. The lowest BCUT2D eigenvalue weighted by molar-refractivity contribution is 0.524. The highest BCUT2D eigenvalue weighted by Gasteiger charge is 2.15. The van der Waals surface area contributed by atoms with Crippen molar-refractivity contribution in [3.63, 3.8) is 0 Å². The number of anilines is 1. The third kappa shape index (κ3) is 2.61. The molecule has 0 saturated carbocycles. The van der Waals surface area contributed by atoms with Crippen molar-refractivity contribution in [2.24, 2.45) is 4.99 Å². The second kappa shape index (κ2) is 5.55. The summed E-state index contributed by atoms with van der Waals surface area (Å²) in [6.07, 6.45) is 1.79. The first-order chi connectivity index (χ1) is 11.2. The molecule has 0 amide bonds. The van der Waals surface area contributed by atoms with E-state index in [-0.39, 0.29) is 5.56 Å². The van der Waals surface area contributed by atoms with Crippen LogP contribution in [0.5, 0.6) is 0 Å². The van der Waals surface area contributed by atoms with Crippen LogP contribution in [-0.2, 0) is 6.67 Å². The van der Waals surface area contributed by atoms with Crippen LogP contribution in [-0.4, -0.2) is 11.2 Å². The van der Waals surface area contributed by atoms with Crippen molar-refractivity contribution in [1.29, 1.82) is 0 Å². The van der Waals surface area contributed by atoms with Crippen molar-refractivity contribution in [2.75, 3.05) is 11.6 Å². The summed E-state index contributed by atoms with van der Waals surface area (Å²) in [4.78, 5) is 20.0. The molecule has 3 heterocycles. The first-order valence-electron chi connectivity index (χ1n) is 7.33. The number of nitrogens with zero attached hydrogens (tertiary/aromatic N) is 3. The van der Waals surface area contributed by atoms with Crippen molar-refractivity contribution in [3.05, 3.63) is 73.7 Å². The summed E-state index contributed by atoms with van der Waals surface area (Å²) in [6, 6.07) is 13.8. The quantitative estimate of drug-likeness (QED) is 0.720. The number of aromatic nitrogens is 1. The summed E-state index contributed by atoms with van der Waals surface area (Å²) in [6.45, 7) is 2.96. The Kier molecular flexibility index (Phi) is 3.38. The van der Waals surface area contributed by atoms with Crippen LogP contribution in [0.4, 0.5) is 5.69 Å².